The third-order valence-corrected chi connectivity index (χ3v) is 4.09. The number of thiophene rings is 1. The lowest BCUT2D eigenvalue weighted by Gasteiger charge is -1.96. The number of rotatable bonds is 0. The molecule has 1 heterocycles. The maximum atomic E-state index is 12.7. The highest BCUT2D eigenvalue weighted by Gasteiger charge is 2.46. The van der Waals surface area contributed by atoms with Gasteiger partial charge in [0.2, 0.25) is 0 Å². The van der Waals surface area contributed by atoms with Crippen molar-refractivity contribution in [1.82, 2.24) is 0 Å². The van der Waals surface area contributed by atoms with E-state index in [2.05, 4.69) is 0 Å². The molecule has 2 aromatic rings. The van der Waals surface area contributed by atoms with Crippen molar-refractivity contribution in [2.24, 2.45) is 0 Å². The van der Waals surface area contributed by atoms with Crippen molar-refractivity contribution in [3.8, 4) is 0 Å². The van der Waals surface area contributed by atoms with Gasteiger partial charge in [-0.25, -0.2) is 0 Å². The number of aryl methyl sites for hydroxylation is 1. The molecule has 0 fully saturated rings. The van der Waals surface area contributed by atoms with E-state index >= 15 is 0 Å². The van der Waals surface area contributed by atoms with E-state index in [4.69, 9.17) is 11.8 Å². The minimum Gasteiger partial charge on any atom is -0.512 e. The molecule has 2 rings (SSSR count). The maximum absolute atomic E-state index is 12.7. The summed E-state index contributed by atoms with van der Waals surface area (Å²) in [4.78, 5) is 0.402. The summed E-state index contributed by atoms with van der Waals surface area (Å²) in [5, 5.41) is 6.95. The first kappa shape index (κ1) is 12.5. The zero-order chi connectivity index (χ0) is 12.3. The molecule has 1 aromatic heterocycles. The maximum Gasteiger partial charge on any atom is 0.600 e. The Morgan fingerprint density at radius 3 is 2.31 bits per heavy atom. The summed E-state index contributed by atoms with van der Waals surface area (Å²) in [5.74, 6) is 0. The number of alkyl halides is 3. The Morgan fingerprint density at radius 2 is 1.75 bits per heavy atom. The fraction of sp³-hybridized carbons (Fsp3) is 0.182. The molecule has 5 heteroatoms. The van der Waals surface area contributed by atoms with Crippen LogP contribution in [0.5, 0.6) is 0 Å². The first-order valence-corrected chi connectivity index (χ1v) is 5.53. The Morgan fingerprint density at radius 1 is 1.19 bits per heavy atom. The number of nitrogens with zero attached hydrogens (tertiary/aromatic N) is 1. The van der Waals surface area contributed by atoms with Gasteiger partial charge < -0.3 is 11.8 Å². The average molecular weight is 243 g/mol. The van der Waals surface area contributed by atoms with Crippen molar-refractivity contribution >= 4 is 20.6 Å². The monoisotopic (exact) mass is 243 g/mol. The molecule has 1 aromatic carbocycles. The molecule has 0 saturated carbocycles. The van der Waals surface area contributed by atoms with Crippen molar-refractivity contribution in [3.05, 3.63) is 41.8 Å². The summed E-state index contributed by atoms with van der Waals surface area (Å²) in [6.07, 6.45) is 0. The molecule has 84 valence electrons. The summed E-state index contributed by atoms with van der Waals surface area (Å²) < 4.78 is 38.4. The van der Waals surface area contributed by atoms with Gasteiger partial charge in [0.25, 0.3) is 0 Å². The van der Waals surface area contributed by atoms with E-state index in [0.717, 1.165) is 0 Å². The van der Waals surface area contributed by atoms with Crippen LogP contribution in [0.3, 0.4) is 0 Å². The van der Waals surface area contributed by atoms with Gasteiger partial charge >= 0.3 is 5.51 Å². The lowest BCUT2D eigenvalue weighted by molar-refractivity contribution is -0.0867. The first-order valence-electron chi connectivity index (χ1n) is 4.31. The van der Waals surface area contributed by atoms with E-state index < -0.39 is 16.0 Å². The van der Waals surface area contributed by atoms with Gasteiger partial charge in [0, 0.05) is 18.4 Å². The zero-order valence-electron chi connectivity index (χ0n) is 8.38. The highest BCUT2D eigenvalue weighted by atomic mass is 32.2. The fourth-order valence-electron chi connectivity index (χ4n) is 1.54. The molecule has 0 N–H and O–H groups in total. The second-order valence-electron chi connectivity index (χ2n) is 3.04. The third-order valence-electron chi connectivity index (χ3n) is 2.05. The molecule has 0 bridgehead atoms. The van der Waals surface area contributed by atoms with Crippen molar-refractivity contribution in [2.75, 3.05) is 0 Å². The molecule has 16 heavy (non-hydrogen) atoms. The minimum absolute atomic E-state index is 0.400. The van der Waals surface area contributed by atoms with E-state index in [0.29, 0.717) is 15.0 Å². The number of hydrogen-bond acceptors (Lipinski definition) is 1. The van der Waals surface area contributed by atoms with Gasteiger partial charge in [-0.3, -0.25) is 0 Å². The van der Waals surface area contributed by atoms with Crippen LogP contribution < -0.4 is 0 Å². The Bertz CT molecular complexity index is 511. The number of benzene rings is 1. The molecule has 0 aliphatic heterocycles. The molecule has 0 aliphatic rings. The Kier molecular flexibility index (Phi) is 3.55. The molecular weight excluding hydrogens is 235 g/mol. The summed E-state index contributed by atoms with van der Waals surface area (Å²) in [6.45, 7) is 6.29. The molecular formula is C11H8F3NS. The largest absolute Gasteiger partial charge is 0.600 e. The van der Waals surface area contributed by atoms with Crippen molar-refractivity contribution in [2.45, 2.75) is 12.4 Å². The second kappa shape index (κ2) is 4.54. The lowest BCUT2D eigenvalue weighted by Crippen LogP contribution is -1.95. The van der Waals surface area contributed by atoms with Crippen LogP contribution in [0.4, 0.5) is 13.2 Å². The molecule has 1 unspecified atom stereocenters. The first-order chi connectivity index (χ1) is 7.50. The summed E-state index contributed by atoms with van der Waals surface area (Å²) in [6, 6.07) is 8.30. The van der Waals surface area contributed by atoms with Crippen LogP contribution >= 0.6 is 10.5 Å². The van der Waals surface area contributed by atoms with Gasteiger partial charge in [0.1, 0.15) is 0 Å². The summed E-state index contributed by atoms with van der Waals surface area (Å²) in [7, 11) is -1.70. The SMILES string of the molecule is Cc1cc2ccccc2[s+]1C(F)(F)F.[C-]#N. The van der Waals surface area contributed by atoms with Crippen molar-refractivity contribution in [1.29, 1.82) is 5.26 Å². The minimum atomic E-state index is -4.15. The predicted molar refractivity (Wildman–Crippen MR) is 57.4 cm³/mol. The van der Waals surface area contributed by atoms with E-state index in [1.165, 1.54) is 6.92 Å². The van der Waals surface area contributed by atoms with Crippen LogP contribution in [0.1, 0.15) is 4.88 Å². The molecule has 0 spiro atoms. The van der Waals surface area contributed by atoms with Crippen LogP contribution in [-0.4, -0.2) is 0 Å². The van der Waals surface area contributed by atoms with Crippen molar-refractivity contribution < 1.29 is 13.2 Å². The smallest absolute Gasteiger partial charge is 0.512 e. The third kappa shape index (κ3) is 2.17. The molecule has 0 saturated heterocycles. The Balaban J connectivity index is 0.000000606. The fourth-order valence-corrected chi connectivity index (χ4v) is 3.33. The summed E-state index contributed by atoms with van der Waals surface area (Å²) >= 11 is 0. The summed E-state index contributed by atoms with van der Waals surface area (Å²) in [5.41, 5.74) is -4.15. The molecule has 1 atom stereocenters. The van der Waals surface area contributed by atoms with Gasteiger partial charge in [-0.1, -0.05) is 12.1 Å². The number of hydrogen-bond donors (Lipinski definition) is 0. The highest BCUT2D eigenvalue weighted by molar-refractivity contribution is 7.38. The predicted octanol–water partition coefficient (Wildman–Crippen LogP) is 4.47. The van der Waals surface area contributed by atoms with E-state index in [-0.39, 0.29) is 0 Å². The van der Waals surface area contributed by atoms with Gasteiger partial charge in [0.15, 0.2) is 9.58 Å². The Hall–Kier alpha value is -1.54. The Labute approximate surface area is 93.7 Å². The standard InChI is InChI=1S/C10H8F3S.CN/c1-7-6-8-4-2-3-5-9(8)14(7)10(11,12)13;1-2/h2-6H,1H3;/q+1;-1. The van der Waals surface area contributed by atoms with Crippen LogP contribution in [0.2, 0.25) is 0 Å². The number of halogens is 3. The molecule has 0 amide bonds. The van der Waals surface area contributed by atoms with Crippen LogP contribution in [-0.2, 0) is 5.51 Å². The van der Waals surface area contributed by atoms with Gasteiger partial charge in [-0.2, -0.15) is 0 Å². The zero-order valence-corrected chi connectivity index (χ0v) is 9.19. The molecule has 0 aliphatic carbocycles. The molecule has 0 radical (unpaired) electrons. The van der Waals surface area contributed by atoms with E-state index in [1.54, 1.807) is 30.3 Å². The molecule has 1 nitrogen and oxygen atoms in total. The topological polar surface area (TPSA) is 23.8 Å². The van der Waals surface area contributed by atoms with Crippen LogP contribution in [0.25, 0.3) is 10.1 Å². The second-order valence-corrected chi connectivity index (χ2v) is 5.20. The van der Waals surface area contributed by atoms with Gasteiger partial charge in [0.05, 0.1) is 10.5 Å². The lowest BCUT2D eigenvalue weighted by atomic mass is 10.2. The van der Waals surface area contributed by atoms with E-state index in [9.17, 15) is 13.2 Å². The normalized spacial score (nSPS) is 12.0. The van der Waals surface area contributed by atoms with Gasteiger partial charge in [-0.05, 0) is 12.1 Å². The quantitative estimate of drug-likeness (QED) is 0.494. The average Bonchev–Trinajstić information content (AvgIpc) is 2.55. The van der Waals surface area contributed by atoms with E-state index in [1.807, 2.05) is 0 Å². The highest BCUT2D eigenvalue weighted by Crippen LogP contribution is 2.50. The van der Waals surface area contributed by atoms with Gasteiger partial charge in [-0.15, -0.1) is 13.2 Å². The van der Waals surface area contributed by atoms with Crippen LogP contribution in [0.15, 0.2) is 30.3 Å². The van der Waals surface area contributed by atoms with Crippen LogP contribution in [0, 0.1) is 18.8 Å². The number of fused-ring (bicyclic) bond motifs is 1. The van der Waals surface area contributed by atoms with Crippen molar-refractivity contribution in [3.63, 3.8) is 0 Å².